The molecule has 1 rings (SSSR count). The Balaban J connectivity index is 2.56. The SMILES string of the molecule is O=S(=O)(O)[C@H]1CCCNC1. The van der Waals surface area contributed by atoms with Crippen molar-refractivity contribution in [1.82, 2.24) is 5.32 Å². The van der Waals surface area contributed by atoms with E-state index in [-0.39, 0.29) is 0 Å². The van der Waals surface area contributed by atoms with Crippen molar-refractivity contribution in [3.05, 3.63) is 0 Å². The van der Waals surface area contributed by atoms with Crippen molar-refractivity contribution in [2.24, 2.45) is 0 Å². The van der Waals surface area contributed by atoms with E-state index in [0.29, 0.717) is 13.0 Å². The lowest BCUT2D eigenvalue weighted by Gasteiger charge is -2.19. The Morgan fingerprint density at radius 2 is 2.20 bits per heavy atom. The van der Waals surface area contributed by atoms with Gasteiger partial charge in [0.15, 0.2) is 0 Å². The zero-order valence-electron chi connectivity index (χ0n) is 5.58. The highest BCUT2D eigenvalue weighted by Crippen LogP contribution is 2.09. The number of hydrogen-bond acceptors (Lipinski definition) is 3. The Hall–Kier alpha value is -0.130. The molecule has 2 N–H and O–H groups in total. The topological polar surface area (TPSA) is 66.4 Å². The van der Waals surface area contributed by atoms with Gasteiger partial charge in [-0.1, -0.05) is 0 Å². The molecule has 0 aromatic heterocycles. The Morgan fingerprint density at radius 3 is 2.50 bits per heavy atom. The molecule has 0 spiro atoms. The second kappa shape index (κ2) is 2.86. The molecule has 0 aromatic rings. The minimum atomic E-state index is -3.79. The molecule has 0 aliphatic carbocycles. The van der Waals surface area contributed by atoms with Gasteiger partial charge in [0.25, 0.3) is 10.1 Å². The summed E-state index contributed by atoms with van der Waals surface area (Å²) in [6, 6.07) is 0. The van der Waals surface area contributed by atoms with Crippen LogP contribution >= 0.6 is 0 Å². The summed E-state index contributed by atoms with van der Waals surface area (Å²) in [6.45, 7) is 1.24. The normalized spacial score (nSPS) is 28.3. The van der Waals surface area contributed by atoms with Crippen molar-refractivity contribution in [2.45, 2.75) is 18.1 Å². The van der Waals surface area contributed by atoms with E-state index in [0.717, 1.165) is 13.0 Å². The van der Waals surface area contributed by atoms with Crippen molar-refractivity contribution in [2.75, 3.05) is 13.1 Å². The van der Waals surface area contributed by atoms with Crippen molar-refractivity contribution < 1.29 is 13.0 Å². The van der Waals surface area contributed by atoms with Crippen molar-refractivity contribution in [3.8, 4) is 0 Å². The van der Waals surface area contributed by atoms with E-state index in [1.165, 1.54) is 0 Å². The standard InChI is InChI=1S/C5H11NO3S/c7-10(8,9)5-2-1-3-6-4-5/h5-6H,1-4H2,(H,7,8,9)/t5-/m0/s1. The summed E-state index contributed by atoms with van der Waals surface area (Å²) in [7, 11) is -3.79. The first kappa shape index (κ1) is 7.97. The number of nitrogens with one attached hydrogen (secondary N) is 1. The summed E-state index contributed by atoms with van der Waals surface area (Å²) < 4.78 is 29.6. The van der Waals surface area contributed by atoms with E-state index < -0.39 is 15.4 Å². The molecule has 1 aliphatic heterocycles. The molecule has 5 heteroatoms. The summed E-state index contributed by atoms with van der Waals surface area (Å²) in [5.41, 5.74) is 0. The Kier molecular flexibility index (Phi) is 2.28. The summed E-state index contributed by atoms with van der Waals surface area (Å²) in [4.78, 5) is 0. The molecule has 0 unspecified atom stereocenters. The van der Waals surface area contributed by atoms with Gasteiger partial charge in [0.1, 0.15) is 0 Å². The average Bonchev–Trinajstić information content (AvgIpc) is 1.88. The van der Waals surface area contributed by atoms with Crippen LogP contribution in [0, 0.1) is 0 Å². The van der Waals surface area contributed by atoms with Crippen molar-refractivity contribution in [3.63, 3.8) is 0 Å². The van der Waals surface area contributed by atoms with E-state index in [1.54, 1.807) is 0 Å². The van der Waals surface area contributed by atoms with Crippen LogP contribution in [-0.4, -0.2) is 31.3 Å². The van der Waals surface area contributed by atoms with E-state index in [4.69, 9.17) is 4.55 Å². The molecular weight excluding hydrogens is 154 g/mol. The fourth-order valence-corrected chi connectivity index (χ4v) is 1.87. The first-order valence-corrected chi connectivity index (χ1v) is 4.78. The summed E-state index contributed by atoms with van der Waals surface area (Å²) in [6.07, 6.45) is 1.40. The van der Waals surface area contributed by atoms with Crippen molar-refractivity contribution >= 4 is 10.1 Å². The van der Waals surface area contributed by atoms with E-state index in [1.807, 2.05) is 0 Å². The Labute approximate surface area is 60.4 Å². The largest absolute Gasteiger partial charge is 0.315 e. The molecule has 1 fully saturated rings. The Morgan fingerprint density at radius 1 is 1.50 bits per heavy atom. The highest BCUT2D eigenvalue weighted by molar-refractivity contribution is 7.86. The molecule has 1 aliphatic rings. The average molecular weight is 165 g/mol. The van der Waals surface area contributed by atoms with Gasteiger partial charge in [0, 0.05) is 6.54 Å². The molecular formula is C5H11NO3S. The summed E-state index contributed by atoms with van der Waals surface area (Å²) >= 11 is 0. The molecule has 4 nitrogen and oxygen atoms in total. The van der Waals surface area contributed by atoms with Gasteiger partial charge < -0.3 is 5.32 Å². The molecule has 1 saturated heterocycles. The third kappa shape index (κ3) is 1.93. The van der Waals surface area contributed by atoms with Crippen LogP contribution < -0.4 is 5.32 Å². The molecule has 10 heavy (non-hydrogen) atoms. The van der Waals surface area contributed by atoms with Gasteiger partial charge in [-0.2, -0.15) is 8.42 Å². The van der Waals surface area contributed by atoms with Crippen molar-refractivity contribution in [1.29, 1.82) is 0 Å². The third-order valence-corrected chi connectivity index (χ3v) is 2.92. The van der Waals surface area contributed by atoms with Crippen LogP contribution in [0.5, 0.6) is 0 Å². The van der Waals surface area contributed by atoms with Crippen LogP contribution in [-0.2, 0) is 10.1 Å². The first-order chi connectivity index (χ1) is 4.61. The number of rotatable bonds is 1. The molecule has 0 saturated carbocycles. The maximum absolute atomic E-state index is 10.5. The summed E-state index contributed by atoms with van der Waals surface area (Å²) in [5.74, 6) is 0. The Bertz CT molecular complexity index is 193. The second-order valence-corrected chi connectivity index (χ2v) is 4.18. The predicted molar refractivity (Wildman–Crippen MR) is 37.4 cm³/mol. The van der Waals surface area contributed by atoms with E-state index in [9.17, 15) is 8.42 Å². The quantitative estimate of drug-likeness (QED) is 0.520. The lowest BCUT2D eigenvalue weighted by atomic mass is 10.2. The van der Waals surface area contributed by atoms with Crippen LogP contribution in [0.1, 0.15) is 12.8 Å². The minimum absolute atomic E-state index is 0.388. The zero-order valence-corrected chi connectivity index (χ0v) is 6.39. The van der Waals surface area contributed by atoms with Gasteiger partial charge in [-0.05, 0) is 19.4 Å². The van der Waals surface area contributed by atoms with Crippen LogP contribution in [0.3, 0.4) is 0 Å². The zero-order chi connectivity index (χ0) is 7.61. The van der Waals surface area contributed by atoms with Gasteiger partial charge >= 0.3 is 0 Å². The highest BCUT2D eigenvalue weighted by Gasteiger charge is 2.24. The van der Waals surface area contributed by atoms with Gasteiger partial charge in [-0.3, -0.25) is 4.55 Å². The lowest BCUT2D eigenvalue weighted by molar-refractivity contribution is 0.433. The second-order valence-electron chi connectivity index (χ2n) is 2.48. The monoisotopic (exact) mass is 165 g/mol. The molecule has 0 radical (unpaired) electrons. The molecule has 0 amide bonds. The number of piperidine rings is 1. The van der Waals surface area contributed by atoms with Gasteiger partial charge in [0.2, 0.25) is 0 Å². The summed E-state index contributed by atoms with van der Waals surface area (Å²) in [5, 5.41) is 2.32. The molecule has 0 aromatic carbocycles. The fraction of sp³-hybridized carbons (Fsp3) is 1.00. The van der Waals surface area contributed by atoms with Crippen LogP contribution in [0.15, 0.2) is 0 Å². The maximum Gasteiger partial charge on any atom is 0.269 e. The van der Waals surface area contributed by atoms with Gasteiger partial charge in [0.05, 0.1) is 5.25 Å². The van der Waals surface area contributed by atoms with E-state index >= 15 is 0 Å². The predicted octanol–water partition coefficient (Wildman–Crippen LogP) is -0.374. The maximum atomic E-state index is 10.5. The smallest absolute Gasteiger partial charge is 0.269 e. The van der Waals surface area contributed by atoms with Crippen LogP contribution in [0.2, 0.25) is 0 Å². The van der Waals surface area contributed by atoms with Gasteiger partial charge in [-0.15, -0.1) is 0 Å². The molecule has 1 heterocycles. The third-order valence-electron chi connectivity index (χ3n) is 1.67. The number of hydrogen-bond donors (Lipinski definition) is 2. The van der Waals surface area contributed by atoms with Gasteiger partial charge in [-0.25, -0.2) is 0 Å². The highest BCUT2D eigenvalue weighted by atomic mass is 32.2. The van der Waals surface area contributed by atoms with E-state index in [2.05, 4.69) is 5.32 Å². The lowest BCUT2D eigenvalue weighted by Crippen LogP contribution is -2.38. The molecule has 0 bridgehead atoms. The first-order valence-electron chi connectivity index (χ1n) is 3.28. The van der Waals surface area contributed by atoms with Crippen LogP contribution in [0.25, 0.3) is 0 Å². The fourth-order valence-electron chi connectivity index (χ4n) is 1.07. The van der Waals surface area contributed by atoms with Crippen LogP contribution in [0.4, 0.5) is 0 Å². The minimum Gasteiger partial charge on any atom is -0.315 e. The molecule has 1 atom stereocenters. The molecule has 60 valence electrons.